The predicted molar refractivity (Wildman–Crippen MR) is 76.3 cm³/mol. The summed E-state index contributed by atoms with van der Waals surface area (Å²) in [7, 11) is 0. The van der Waals surface area contributed by atoms with Gasteiger partial charge in [0.2, 0.25) is 5.91 Å². The molecule has 0 saturated carbocycles. The molecular formula is C15H26N2O3. The first kappa shape index (κ1) is 15.3. The van der Waals surface area contributed by atoms with Gasteiger partial charge in [-0.3, -0.25) is 9.59 Å². The molecule has 0 radical (unpaired) electrons. The maximum Gasteiger partial charge on any atom is 0.311 e. The number of likely N-dealkylation sites (tertiary alicyclic amines) is 1. The second kappa shape index (κ2) is 6.12. The topological polar surface area (TPSA) is 69.6 Å². The fourth-order valence-corrected chi connectivity index (χ4v) is 3.40. The molecule has 0 bridgehead atoms. The molecule has 0 aromatic heterocycles. The van der Waals surface area contributed by atoms with Crippen LogP contribution in [0.5, 0.6) is 0 Å². The van der Waals surface area contributed by atoms with Crippen molar-refractivity contribution in [2.75, 3.05) is 26.2 Å². The lowest BCUT2D eigenvalue weighted by Gasteiger charge is -2.29. The molecule has 5 nitrogen and oxygen atoms in total. The Labute approximate surface area is 120 Å². The summed E-state index contributed by atoms with van der Waals surface area (Å²) in [5, 5.41) is 12.8. The summed E-state index contributed by atoms with van der Waals surface area (Å²) in [5.74, 6) is -0.107. The molecule has 5 heteroatoms. The maximum absolute atomic E-state index is 12.4. The summed E-state index contributed by atoms with van der Waals surface area (Å²) < 4.78 is 0. The number of hydrogen-bond acceptors (Lipinski definition) is 3. The highest BCUT2D eigenvalue weighted by molar-refractivity contribution is 5.81. The van der Waals surface area contributed by atoms with Gasteiger partial charge in [-0.2, -0.15) is 0 Å². The second-order valence-corrected chi connectivity index (χ2v) is 6.58. The highest BCUT2D eigenvalue weighted by Crippen LogP contribution is 2.38. The van der Waals surface area contributed by atoms with Crippen LogP contribution in [0, 0.1) is 17.3 Å². The molecule has 2 saturated heterocycles. The molecule has 114 valence electrons. The van der Waals surface area contributed by atoms with Crippen molar-refractivity contribution in [1.29, 1.82) is 0 Å². The number of piperidine rings is 1. The van der Waals surface area contributed by atoms with Crippen LogP contribution in [-0.2, 0) is 9.59 Å². The number of aliphatic carboxylic acids is 1. The first-order chi connectivity index (χ1) is 9.45. The molecule has 0 aliphatic carbocycles. The first-order valence-corrected chi connectivity index (χ1v) is 7.67. The van der Waals surface area contributed by atoms with Crippen molar-refractivity contribution in [2.45, 2.75) is 39.5 Å². The van der Waals surface area contributed by atoms with E-state index in [0.717, 1.165) is 25.9 Å². The highest BCUT2D eigenvalue weighted by atomic mass is 16.4. The summed E-state index contributed by atoms with van der Waals surface area (Å²) in [4.78, 5) is 25.7. The Bertz CT molecular complexity index is 377. The molecular weight excluding hydrogens is 256 g/mol. The number of carbonyl (C=O) groups is 2. The Hall–Kier alpha value is -1.10. The van der Waals surface area contributed by atoms with Gasteiger partial charge in [0, 0.05) is 19.5 Å². The summed E-state index contributed by atoms with van der Waals surface area (Å²) in [6.07, 6.45) is 3.26. The van der Waals surface area contributed by atoms with Crippen LogP contribution in [-0.4, -0.2) is 48.1 Å². The van der Waals surface area contributed by atoms with Crippen LogP contribution in [0.25, 0.3) is 0 Å². The first-order valence-electron chi connectivity index (χ1n) is 7.67. The highest BCUT2D eigenvalue weighted by Gasteiger charge is 2.48. The Morgan fingerprint density at radius 2 is 2.00 bits per heavy atom. The second-order valence-electron chi connectivity index (χ2n) is 6.58. The number of rotatable bonds is 4. The fourth-order valence-electron chi connectivity index (χ4n) is 3.40. The molecule has 0 aromatic rings. The number of hydrogen-bond donors (Lipinski definition) is 2. The number of nitrogens with zero attached hydrogens (tertiary/aromatic N) is 1. The number of carbonyl (C=O) groups excluding carboxylic acids is 1. The van der Waals surface area contributed by atoms with Gasteiger partial charge in [0.25, 0.3) is 0 Å². The van der Waals surface area contributed by atoms with E-state index in [1.54, 1.807) is 4.90 Å². The zero-order valence-corrected chi connectivity index (χ0v) is 12.5. The molecule has 20 heavy (non-hydrogen) atoms. The largest absolute Gasteiger partial charge is 0.481 e. The molecule has 0 spiro atoms. The van der Waals surface area contributed by atoms with Crippen LogP contribution >= 0.6 is 0 Å². The lowest BCUT2D eigenvalue weighted by molar-refractivity contribution is -0.151. The zero-order chi connectivity index (χ0) is 14.8. The van der Waals surface area contributed by atoms with Crippen molar-refractivity contribution in [3.8, 4) is 0 Å². The van der Waals surface area contributed by atoms with E-state index in [0.29, 0.717) is 31.8 Å². The van der Waals surface area contributed by atoms with Gasteiger partial charge >= 0.3 is 5.97 Å². The Balaban J connectivity index is 1.94. The van der Waals surface area contributed by atoms with E-state index in [-0.39, 0.29) is 11.8 Å². The minimum absolute atomic E-state index is 0.0525. The SMILES string of the molecule is CC(C)C1(C(=O)O)CCN(C(=O)CC2CCNCC2)C1. The van der Waals surface area contributed by atoms with Crippen molar-refractivity contribution >= 4 is 11.9 Å². The van der Waals surface area contributed by atoms with Crippen molar-refractivity contribution < 1.29 is 14.7 Å². The fraction of sp³-hybridized carbons (Fsp3) is 0.867. The van der Waals surface area contributed by atoms with Crippen LogP contribution < -0.4 is 5.32 Å². The predicted octanol–water partition coefficient (Wildman–Crippen LogP) is 1.34. The average molecular weight is 282 g/mol. The smallest absolute Gasteiger partial charge is 0.311 e. The number of carboxylic acids is 1. The van der Waals surface area contributed by atoms with Crippen molar-refractivity contribution in [1.82, 2.24) is 10.2 Å². The Kier molecular flexibility index (Phi) is 4.68. The summed E-state index contributed by atoms with van der Waals surface area (Å²) in [5.41, 5.74) is -0.746. The normalized spacial score (nSPS) is 28.1. The molecule has 2 N–H and O–H groups in total. The van der Waals surface area contributed by atoms with Gasteiger partial charge < -0.3 is 15.3 Å². The molecule has 2 aliphatic rings. The third-order valence-electron chi connectivity index (χ3n) is 5.11. The summed E-state index contributed by atoms with van der Waals surface area (Å²) in [6.45, 7) is 6.83. The summed E-state index contributed by atoms with van der Waals surface area (Å²) in [6, 6.07) is 0. The van der Waals surface area contributed by atoms with Gasteiger partial charge in [0.1, 0.15) is 0 Å². The summed E-state index contributed by atoms with van der Waals surface area (Å²) >= 11 is 0. The van der Waals surface area contributed by atoms with E-state index in [2.05, 4.69) is 5.32 Å². The number of nitrogens with one attached hydrogen (secondary N) is 1. The third kappa shape index (κ3) is 2.97. The molecule has 1 atom stereocenters. The zero-order valence-electron chi connectivity index (χ0n) is 12.5. The van der Waals surface area contributed by atoms with Gasteiger partial charge in [-0.15, -0.1) is 0 Å². The van der Waals surface area contributed by atoms with E-state index >= 15 is 0 Å². The van der Waals surface area contributed by atoms with Gasteiger partial charge in [0.15, 0.2) is 0 Å². The standard InChI is InChI=1S/C15H26N2O3/c1-11(2)15(14(19)20)5-8-17(10-15)13(18)9-12-3-6-16-7-4-12/h11-12,16H,3-10H2,1-2H3,(H,19,20). The Morgan fingerprint density at radius 1 is 1.35 bits per heavy atom. The average Bonchev–Trinajstić information content (AvgIpc) is 2.86. The quantitative estimate of drug-likeness (QED) is 0.816. The maximum atomic E-state index is 12.4. The van der Waals surface area contributed by atoms with Gasteiger partial charge in [-0.05, 0) is 44.2 Å². The van der Waals surface area contributed by atoms with Crippen LogP contribution in [0.1, 0.15) is 39.5 Å². The van der Waals surface area contributed by atoms with Gasteiger partial charge in [-0.25, -0.2) is 0 Å². The molecule has 1 amide bonds. The van der Waals surface area contributed by atoms with E-state index in [1.807, 2.05) is 13.8 Å². The van der Waals surface area contributed by atoms with E-state index in [9.17, 15) is 14.7 Å². The molecule has 2 rings (SSSR count). The molecule has 2 aliphatic heterocycles. The van der Waals surface area contributed by atoms with Gasteiger partial charge in [0.05, 0.1) is 5.41 Å². The van der Waals surface area contributed by atoms with Crippen molar-refractivity contribution in [2.24, 2.45) is 17.3 Å². The van der Waals surface area contributed by atoms with E-state index in [4.69, 9.17) is 0 Å². The number of carboxylic acid groups (broad SMARTS) is 1. The van der Waals surface area contributed by atoms with E-state index < -0.39 is 11.4 Å². The number of amides is 1. The minimum atomic E-state index is -0.760. The van der Waals surface area contributed by atoms with Crippen molar-refractivity contribution in [3.05, 3.63) is 0 Å². The van der Waals surface area contributed by atoms with Crippen LogP contribution in [0.2, 0.25) is 0 Å². The van der Waals surface area contributed by atoms with Crippen LogP contribution in [0.15, 0.2) is 0 Å². The molecule has 2 heterocycles. The lowest BCUT2D eigenvalue weighted by Crippen LogP contribution is -2.41. The Morgan fingerprint density at radius 3 is 2.50 bits per heavy atom. The molecule has 0 aromatic carbocycles. The molecule has 2 fully saturated rings. The molecule has 1 unspecified atom stereocenters. The van der Waals surface area contributed by atoms with Crippen LogP contribution in [0.4, 0.5) is 0 Å². The third-order valence-corrected chi connectivity index (χ3v) is 5.11. The van der Waals surface area contributed by atoms with Crippen molar-refractivity contribution in [3.63, 3.8) is 0 Å². The van der Waals surface area contributed by atoms with Crippen LogP contribution in [0.3, 0.4) is 0 Å². The van der Waals surface area contributed by atoms with E-state index in [1.165, 1.54) is 0 Å². The minimum Gasteiger partial charge on any atom is -0.481 e. The monoisotopic (exact) mass is 282 g/mol. The lowest BCUT2D eigenvalue weighted by atomic mass is 9.76. The van der Waals surface area contributed by atoms with Gasteiger partial charge in [-0.1, -0.05) is 13.8 Å².